The summed E-state index contributed by atoms with van der Waals surface area (Å²) in [7, 11) is 0. The van der Waals surface area contributed by atoms with Crippen LogP contribution in [-0.4, -0.2) is 19.2 Å². The van der Waals surface area contributed by atoms with Crippen molar-refractivity contribution in [2.45, 2.75) is 32.7 Å². The van der Waals surface area contributed by atoms with Gasteiger partial charge in [-0.05, 0) is 37.6 Å². The molecule has 1 rings (SSSR count). The summed E-state index contributed by atoms with van der Waals surface area (Å²) in [6.45, 7) is 5.77. The first-order chi connectivity index (χ1) is 7.72. The zero-order valence-electron chi connectivity index (χ0n) is 10.0. The number of rotatable bonds is 7. The van der Waals surface area contributed by atoms with Crippen LogP contribution in [0.1, 0.15) is 26.7 Å². The van der Waals surface area contributed by atoms with Crippen LogP contribution in [0.25, 0.3) is 0 Å². The predicted octanol–water partition coefficient (Wildman–Crippen LogP) is 2.98. The zero-order valence-corrected chi connectivity index (χ0v) is 10.0. The highest BCUT2D eigenvalue weighted by molar-refractivity contribution is 5.21. The summed E-state index contributed by atoms with van der Waals surface area (Å²) in [4.78, 5) is 0. The number of halogens is 1. The summed E-state index contributed by atoms with van der Waals surface area (Å²) < 4.78 is 18.1. The molecular weight excluding hydrogens is 205 g/mol. The van der Waals surface area contributed by atoms with Crippen molar-refractivity contribution in [1.82, 2.24) is 5.32 Å². The molecule has 90 valence electrons. The number of hydrogen-bond acceptors (Lipinski definition) is 2. The molecule has 1 unspecified atom stereocenters. The first-order valence-corrected chi connectivity index (χ1v) is 5.84. The van der Waals surface area contributed by atoms with Gasteiger partial charge in [-0.1, -0.05) is 13.3 Å². The molecule has 0 heterocycles. The Morgan fingerprint density at radius 3 is 2.62 bits per heavy atom. The lowest BCUT2D eigenvalue weighted by Gasteiger charge is -2.13. The average molecular weight is 225 g/mol. The quantitative estimate of drug-likeness (QED) is 0.720. The monoisotopic (exact) mass is 225 g/mol. The number of hydrogen-bond donors (Lipinski definition) is 1. The van der Waals surface area contributed by atoms with Crippen LogP contribution in [0.4, 0.5) is 4.39 Å². The van der Waals surface area contributed by atoms with Gasteiger partial charge < -0.3 is 10.1 Å². The minimum absolute atomic E-state index is 0.234. The molecular formula is C13H20FNO. The third-order valence-corrected chi connectivity index (χ3v) is 2.40. The molecule has 0 saturated heterocycles. The molecule has 0 spiro atoms. The Bertz CT molecular complexity index is 286. The maximum Gasteiger partial charge on any atom is 0.123 e. The van der Waals surface area contributed by atoms with E-state index in [0.717, 1.165) is 6.54 Å². The van der Waals surface area contributed by atoms with Gasteiger partial charge in [0, 0.05) is 12.6 Å². The molecule has 0 amide bonds. The molecule has 0 aliphatic rings. The Labute approximate surface area is 96.8 Å². The van der Waals surface area contributed by atoms with Crippen molar-refractivity contribution in [3.8, 4) is 5.75 Å². The topological polar surface area (TPSA) is 21.3 Å². The van der Waals surface area contributed by atoms with Crippen LogP contribution < -0.4 is 10.1 Å². The van der Waals surface area contributed by atoms with Crippen molar-refractivity contribution in [3.05, 3.63) is 30.1 Å². The number of nitrogens with one attached hydrogen (secondary N) is 1. The zero-order chi connectivity index (χ0) is 11.8. The highest BCUT2D eigenvalue weighted by Gasteiger charge is 1.99. The second-order valence-electron chi connectivity index (χ2n) is 3.95. The summed E-state index contributed by atoms with van der Waals surface area (Å²) in [5, 5.41) is 3.37. The summed E-state index contributed by atoms with van der Waals surface area (Å²) in [6.07, 6.45) is 2.36. The maximum absolute atomic E-state index is 12.6. The SMILES string of the molecule is CCCC(C)NCCOc1ccc(F)cc1. The Balaban J connectivity index is 2.13. The largest absolute Gasteiger partial charge is 0.492 e. The molecule has 0 aliphatic heterocycles. The van der Waals surface area contributed by atoms with Crippen molar-refractivity contribution in [2.75, 3.05) is 13.2 Å². The molecule has 0 radical (unpaired) electrons. The van der Waals surface area contributed by atoms with Crippen LogP contribution in [0, 0.1) is 5.82 Å². The van der Waals surface area contributed by atoms with Crippen molar-refractivity contribution < 1.29 is 9.13 Å². The molecule has 0 saturated carbocycles. The van der Waals surface area contributed by atoms with E-state index in [0.29, 0.717) is 18.4 Å². The molecule has 3 heteroatoms. The lowest BCUT2D eigenvalue weighted by Crippen LogP contribution is -2.29. The second kappa shape index (κ2) is 7.23. The van der Waals surface area contributed by atoms with E-state index in [2.05, 4.69) is 19.2 Å². The van der Waals surface area contributed by atoms with Gasteiger partial charge in [0.1, 0.15) is 18.2 Å². The Hall–Kier alpha value is -1.09. The standard InChI is InChI=1S/C13H20FNO/c1-3-4-11(2)15-9-10-16-13-7-5-12(14)6-8-13/h5-8,11,15H,3-4,9-10H2,1-2H3. The summed E-state index contributed by atoms with van der Waals surface area (Å²) >= 11 is 0. The Kier molecular flexibility index (Phi) is 5.86. The van der Waals surface area contributed by atoms with E-state index in [9.17, 15) is 4.39 Å². The lowest BCUT2D eigenvalue weighted by atomic mass is 10.2. The van der Waals surface area contributed by atoms with Crippen molar-refractivity contribution in [1.29, 1.82) is 0 Å². The molecule has 16 heavy (non-hydrogen) atoms. The molecule has 0 fully saturated rings. The van der Waals surface area contributed by atoms with Crippen LogP contribution in [0.15, 0.2) is 24.3 Å². The third kappa shape index (κ3) is 5.12. The van der Waals surface area contributed by atoms with Crippen LogP contribution >= 0.6 is 0 Å². The molecule has 1 atom stereocenters. The minimum Gasteiger partial charge on any atom is -0.492 e. The van der Waals surface area contributed by atoms with Gasteiger partial charge in [-0.15, -0.1) is 0 Å². The highest BCUT2D eigenvalue weighted by Crippen LogP contribution is 2.10. The average Bonchev–Trinajstić information content (AvgIpc) is 2.27. The van der Waals surface area contributed by atoms with Gasteiger partial charge in [0.25, 0.3) is 0 Å². The Morgan fingerprint density at radius 1 is 1.31 bits per heavy atom. The van der Waals surface area contributed by atoms with Crippen molar-refractivity contribution in [2.24, 2.45) is 0 Å². The number of benzene rings is 1. The molecule has 0 aromatic heterocycles. The van der Waals surface area contributed by atoms with E-state index in [4.69, 9.17) is 4.74 Å². The summed E-state index contributed by atoms with van der Waals surface area (Å²) in [5.41, 5.74) is 0. The van der Waals surface area contributed by atoms with Gasteiger partial charge in [0.15, 0.2) is 0 Å². The van der Waals surface area contributed by atoms with E-state index >= 15 is 0 Å². The fraction of sp³-hybridized carbons (Fsp3) is 0.538. The molecule has 1 aromatic carbocycles. The molecule has 2 nitrogen and oxygen atoms in total. The van der Waals surface area contributed by atoms with E-state index in [-0.39, 0.29) is 5.82 Å². The van der Waals surface area contributed by atoms with Gasteiger partial charge in [-0.3, -0.25) is 0 Å². The fourth-order valence-corrected chi connectivity index (χ4v) is 1.54. The van der Waals surface area contributed by atoms with E-state index in [1.807, 2.05) is 0 Å². The van der Waals surface area contributed by atoms with Gasteiger partial charge >= 0.3 is 0 Å². The molecule has 0 bridgehead atoms. The first-order valence-electron chi connectivity index (χ1n) is 5.84. The van der Waals surface area contributed by atoms with Gasteiger partial charge in [0.2, 0.25) is 0 Å². The fourth-order valence-electron chi connectivity index (χ4n) is 1.54. The van der Waals surface area contributed by atoms with Crippen molar-refractivity contribution >= 4 is 0 Å². The lowest BCUT2D eigenvalue weighted by molar-refractivity contribution is 0.304. The smallest absolute Gasteiger partial charge is 0.123 e. The normalized spacial score (nSPS) is 12.4. The van der Waals surface area contributed by atoms with Crippen molar-refractivity contribution in [3.63, 3.8) is 0 Å². The highest BCUT2D eigenvalue weighted by atomic mass is 19.1. The van der Waals surface area contributed by atoms with E-state index < -0.39 is 0 Å². The van der Waals surface area contributed by atoms with Crippen LogP contribution in [0.5, 0.6) is 5.75 Å². The van der Waals surface area contributed by atoms with Crippen LogP contribution in [0.3, 0.4) is 0 Å². The summed E-state index contributed by atoms with van der Waals surface area (Å²) in [6, 6.07) is 6.63. The summed E-state index contributed by atoms with van der Waals surface area (Å²) in [5.74, 6) is 0.480. The van der Waals surface area contributed by atoms with Crippen LogP contribution in [0.2, 0.25) is 0 Å². The van der Waals surface area contributed by atoms with E-state index in [1.165, 1.54) is 25.0 Å². The molecule has 0 aliphatic carbocycles. The minimum atomic E-state index is -0.234. The van der Waals surface area contributed by atoms with Gasteiger partial charge in [0.05, 0.1) is 0 Å². The predicted molar refractivity (Wildman–Crippen MR) is 64.3 cm³/mol. The van der Waals surface area contributed by atoms with E-state index in [1.54, 1.807) is 12.1 Å². The van der Waals surface area contributed by atoms with Crippen LogP contribution in [-0.2, 0) is 0 Å². The van der Waals surface area contributed by atoms with Gasteiger partial charge in [-0.2, -0.15) is 0 Å². The molecule has 1 aromatic rings. The third-order valence-electron chi connectivity index (χ3n) is 2.40. The van der Waals surface area contributed by atoms with Gasteiger partial charge in [-0.25, -0.2) is 4.39 Å². The Morgan fingerprint density at radius 2 is 2.00 bits per heavy atom. The molecule has 1 N–H and O–H groups in total. The number of ether oxygens (including phenoxy) is 1. The maximum atomic E-state index is 12.6. The first kappa shape index (κ1) is 13.0. The second-order valence-corrected chi connectivity index (χ2v) is 3.95.